The van der Waals surface area contributed by atoms with E-state index >= 15 is 0 Å². The van der Waals surface area contributed by atoms with Gasteiger partial charge in [-0.25, -0.2) is 9.59 Å². The van der Waals surface area contributed by atoms with Crippen molar-refractivity contribution < 1.29 is 24.2 Å². The van der Waals surface area contributed by atoms with E-state index in [0.717, 1.165) is 7.11 Å². The molecule has 0 saturated heterocycles. The highest BCUT2D eigenvalue weighted by Crippen LogP contribution is 2.64. The third-order valence-electron chi connectivity index (χ3n) is 4.74. The fourth-order valence-corrected chi connectivity index (χ4v) is 3.63. The molecule has 2 aliphatic carbocycles. The number of carboxylic acids is 1. The van der Waals surface area contributed by atoms with Crippen LogP contribution in [0.2, 0.25) is 0 Å². The molecule has 0 spiro atoms. The summed E-state index contributed by atoms with van der Waals surface area (Å²) in [5.74, 6) is -3.56. The third kappa shape index (κ3) is 3.72. The summed E-state index contributed by atoms with van der Waals surface area (Å²) >= 11 is 11.5. The first-order chi connectivity index (χ1) is 11.6. The van der Waals surface area contributed by atoms with Crippen molar-refractivity contribution in [3.05, 3.63) is 45.5 Å². The van der Waals surface area contributed by atoms with Crippen LogP contribution in [-0.4, -0.2) is 29.9 Å². The van der Waals surface area contributed by atoms with Gasteiger partial charge in [-0.2, -0.15) is 0 Å². The molecular formula is C18H18Cl2O5. The van der Waals surface area contributed by atoms with Gasteiger partial charge in [-0.3, -0.25) is 4.79 Å². The summed E-state index contributed by atoms with van der Waals surface area (Å²) in [6.07, 6.45) is 6.65. The van der Waals surface area contributed by atoms with Gasteiger partial charge in [0.05, 0.1) is 7.11 Å². The second-order valence-corrected chi connectivity index (χ2v) is 7.52. The maximum Gasteiger partial charge on any atom is 0.379 e. The van der Waals surface area contributed by atoms with Gasteiger partial charge in [-0.15, -0.1) is 0 Å². The van der Waals surface area contributed by atoms with E-state index in [4.69, 9.17) is 23.2 Å². The summed E-state index contributed by atoms with van der Waals surface area (Å²) in [7, 11) is 1.11. The average Bonchev–Trinajstić information content (AvgIpc) is 3.06. The van der Waals surface area contributed by atoms with Gasteiger partial charge in [0, 0.05) is 17.1 Å². The predicted octanol–water partition coefficient (Wildman–Crippen LogP) is 3.59. The number of halogens is 2. The van der Waals surface area contributed by atoms with Crippen molar-refractivity contribution in [2.45, 2.75) is 20.3 Å². The minimum Gasteiger partial charge on any atom is -0.478 e. The largest absolute Gasteiger partial charge is 0.478 e. The van der Waals surface area contributed by atoms with Crippen molar-refractivity contribution in [3.8, 4) is 0 Å². The number of esters is 1. The van der Waals surface area contributed by atoms with Gasteiger partial charge in [-0.1, -0.05) is 55.3 Å². The predicted molar refractivity (Wildman–Crippen MR) is 94.1 cm³/mol. The highest BCUT2D eigenvalue weighted by molar-refractivity contribution is 6.55. The Kier molecular flexibility index (Phi) is 5.59. The summed E-state index contributed by atoms with van der Waals surface area (Å²) < 4.78 is 4.55. The third-order valence-corrected chi connectivity index (χ3v) is 5.00. The molecule has 0 radical (unpaired) electrons. The monoisotopic (exact) mass is 384 g/mol. The molecule has 0 bridgehead atoms. The maximum absolute atomic E-state index is 12.3. The lowest BCUT2D eigenvalue weighted by atomic mass is 9.87. The topological polar surface area (TPSA) is 80.7 Å². The Morgan fingerprint density at radius 1 is 1.32 bits per heavy atom. The minimum absolute atomic E-state index is 0.0501. The normalized spacial score (nSPS) is 25.6. The Morgan fingerprint density at radius 2 is 1.96 bits per heavy atom. The molecule has 25 heavy (non-hydrogen) atoms. The van der Waals surface area contributed by atoms with E-state index in [-0.39, 0.29) is 39.3 Å². The lowest BCUT2D eigenvalue weighted by Gasteiger charge is -2.16. The van der Waals surface area contributed by atoms with E-state index in [2.05, 4.69) is 4.74 Å². The van der Waals surface area contributed by atoms with Crippen LogP contribution in [0.25, 0.3) is 0 Å². The number of rotatable bonds is 5. The average molecular weight is 385 g/mol. The Balaban J connectivity index is 2.55. The molecule has 2 rings (SSSR count). The molecule has 0 aromatic rings. The molecule has 134 valence electrons. The Morgan fingerprint density at radius 3 is 2.48 bits per heavy atom. The van der Waals surface area contributed by atoms with E-state index in [9.17, 15) is 19.5 Å². The molecule has 0 aromatic carbocycles. The van der Waals surface area contributed by atoms with Crippen LogP contribution in [0.4, 0.5) is 0 Å². The molecule has 2 unspecified atom stereocenters. The van der Waals surface area contributed by atoms with E-state index in [1.165, 1.54) is 6.08 Å². The number of carbonyl (C=O) groups excluding carboxylic acids is 2. The number of methoxy groups -OCH3 is 1. The Labute approximate surface area is 155 Å². The number of carboxylic acid groups (broad SMARTS) is 1. The summed E-state index contributed by atoms with van der Waals surface area (Å²) in [6, 6.07) is 0. The number of ether oxygens (including phenoxy) is 1. The molecule has 2 aliphatic rings. The van der Waals surface area contributed by atoms with Crippen LogP contribution in [-0.2, 0) is 19.1 Å². The second kappa shape index (κ2) is 7.18. The molecule has 2 atom stereocenters. The van der Waals surface area contributed by atoms with Crippen molar-refractivity contribution in [2.75, 3.05) is 7.11 Å². The van der Waals surface area contributed by atoms with Crippen LogP contribution in [0.5, 0.6) is 0 Å². The van der Waals surface area contributed by atoms with Crippen LogP contribution >= 0.6 is 23.2 Å². The molecular weight excluding hydrogens is 367 g/mol. The molecule has 5 nitrogen and oxygen atoms in total. The van der Waals surface area contributed by atoms with Crippen molar-refractivity contribution in [1.29, 1.82) is 0 Å². The van der Waals surface area contributed by atoms with E-state index in [1.54, 1.807) is 18.2 Å². The van der Waals surface area contributed by atoms with Gasteiger partial charge in [0.25, 0.3) is 5.78 Å². The van der Waals surface area contributed by atoms with Crippen LogP contribution in [0.15, 0.2) is 45.5 Å². The molecule has 0 aromatic heterocycles. The van der Waals surface area contributed by atoms with Crippen LogP contribution in [0.3, 0.4) is 0 Å². The number of aliphatic carboxylic acids is 1. The van der Waals surface area contributed by atoms with Crippen molar-refractivity contribution in [1.82, 2.24) is 0 Å². The molecule has 0 aliphatic heterocycles. The Hall–Kier alpha value is -1.85. The SMILES string of the molecule is COC(=O)C(=O)C1=CC=CCC1=C(C(=O)O)C1C(C=C(Cl)Cl)C1(C)C. The second-order valence-electron chi connectivity index (χ2n) is 6.51. The molecule has 0 heterocycles. The van der Waals surface area contributed by atoms with Gasteiger partial charge < -0.3 is 9.84 Å². The number of carbonyl (C=O) groups is 3. The summed E-state index contributed by atoms with van der Waals surface area (Å²) in [4.78, 5) is 35.9. The van der Waals surface area contributed by atoms with Crippen LogP contribution in [0, 0.1) is 17.3 Å². The molecule has 1 saturated carbocycles. The van der Waals surface area contributed by atoms with E-state index in [0.29, 0.717) is 5.57 Å². The van der Waals surface area contributed by atoms with Crippen molar-refractivity contribution in [3.63, 3.8) is 0 Å². The number of Topliss-reactive ketones (excluding diaryl/α,β-unsaturated/α-hetero) is 1. The Bertz CT molecular complexity index is 751. The van der Waals surface area contributed by atoms with E-state index < -0.39 is 17.7 Å². The summed E-state index contributed by atoms with van der Waals surface area (Å²) in [5.41, 5.74) is 0.101. The fourth-order valence-electron chi connectivity index (χ4n) is 3.36. The fraction of sp³-hybridized carbons (Fsp3) is 0.389. The standard InChI is InChI=1S/C18H18Cl2O5/c1-18(2)11(8-12(19)20)14(18)13(16(22)23)9-6-4-5-7-10(9)15(21)17(24)25-3/h4-5,7-8,11,14H,6H2,1-3H3,(H,22,23). The van der Waals surface area contributed by atoms with Gasteiger partial charge in [-0.05, 0) is 29.4 Å². The highest BCUT2D eigenvalue weighted by Gasteiger charge is 2.60. The van der Waals surface area contributed by atoms with Crippen molar-refractivity contribution >= 4 is 40.9 Å². The zero-order chi connectivity index (χ0) is 18.9. The lowest BCUT2D eigenvalue weighted by Crippen LogP contribution is -2.22. The molecule has 7 heteroatoms. The zero-order valence-corrected chi connectivity index (χ0v) is 15.5. The maximum atomic E-state index is 12.3. The van der Waals surface area contributed by atoms with Gasteiger partial charge >= 0.3 is 11.9 Å². The quantitative estimate of drug-likeness (QED) is 0.445. The molecule has 1 fully saturated rings. The smallest absolute Gasteiger partial charge is 0.379 e. The van der Waals surface area contributed by atoms with Crippen LogP contribution in [0.1, 0.15) is 20.3 Å². The minimum atomic E-state index is -1.13. The molecule has 1 N–H and O–H groups in total. The van der Waals surface area contributed by atoms with Gasteiger partial charge in [0.15, 0.2) is 0 Å². The summed E-state index contributed by atoms with van der Waals surface area (Å²) in [5, 5.41) is 9.79. The van der Waals surface area contributed by atoms with Gasteiger partial charge in [0.2, 0.25) is 0 Å². The van der Waals surface area contributed by atoms with Crippen LogP contribution < -0.4 is 0 Å². The number of hydrogen-bond acceptors (Lipinski definition) is 4. The summed E-state index contributed by atoms with van der Waals surface area (Å²) in [6.45, 7) is 3.81. The van der Waals surface area contributed by atoms with Gasteiger partial charge in [0.1, 0.15) is 4.49 Å². The van der Waals surface area contributed by atoms with E-state index in [1.807, 2.05) is 13.8 Å². The lowest BCUT2D eigenvalue weighted by molar-refractivity contribution is -0.149. The van der Waals surface area contributed by atoms with Crippen molar-refractivity contribution in [2.24, 2.45) is 17.3 Å². The number of ketones is 1. The highest BCUT2D eigenvalue weighted by atomic mass is 35.5. The first kappa shape index (κ1) is 19.5. The zero-order valence-electron chi connectivity index (χ0n) is 14.0. The first-order valence-corrected chi connectivity index (χ1v) is 8.37. The first-order valence-electron chi connectivity index (χ1n) is 7.61. The molecule has 0 amide bonds. The number of allylic oxidation sites excluding steroid dienone is 5. The number of hydrogen-bond donors (Lipinski definition) is 1.